The minimum Gasteiger partial charge on any atom is -0.293 e. The van der Waals surface area contributed by atoms with E-state index in [0.29, 0.717) is 22.1 Å². The van der Waals surface area contributed by atoms with Gasteiger partial charge >= 0.3 is 0 Å². The predicted molar refractivity (Wildman–Crippen MR) is 139 cm³/mol. The molecule has 0 radical (unpaired) electrons. The Hall–Kier alpha value is -4.30. The Morgan fingerprint density at radius 3 is 2.20 bits per heavy atom. The van der Waals surface area contributed by atoms with Crippen LogP contribution in [0.5, 0.6) is 0 Å². The van der Waals surface area contributed by atoms with Crippen LogP contribution < -0.4 is 11.0 Å². The van der Waals surface area contributed by atoms with Crippen molar-refractivity contribution in [2.75, 3.05) is 0 Å². The Kier molecular flexibility index (Phi) is 6.12. The highest BCUT2D eigenvalue weighted by Gasteiger charge is 2.23. The molecule has 0 aliphatic heterocycles. The van der Waals surface area contributed by atoms with Gasteiger partial charge in [-0.25, -0.2) is 10.4 Å². The molecule has 8 heteroatoms. The van der Waals surface area contributed by atoms with Crippen molar-refractivity contribution < 1.29 is 4.79 Å². The zero-order valence-corrected chi connectivity index (χ0v) is 20.0. The van der Waals surface area contributed by atoms with Crippen molar-refractivity contribution in [3.63, 3.8) is 0 Å². The van der Waals surface area contributed by atoms with Crippen LogP contribution in [0.2, 0.25) is 0 Å². The Bertz CT molecular complexity index is 1510. The second-order valence-corrected chi connectivity index (χ2v) is 9.15. The smallest absolute Gasteiger partial charge is 0.282 e. The van der Waals surface area contributed by atoms with Crippen molar-refractivity contribution in [1.82, 2.24) is 20.2 Å². The SMILES string of the molecule is CC(=NNC(=O)C(c1ccccc1)c1ccccc1)c1c(C)[nH]n(-c2nc3ccccc3s2)c1=O. The predicted octanol–water partition coefficient (Wildman–Crippen LogP) is 4.76. The molecule has 0 fully saturated rings. The second-order valence-electron chi connectivity index (χ2n) is 8.14. The first kappa shape index (κ1) is 22.5. The fraction of sp³-hybridized carbons (Fsp3) is 0.111. The number of fused-ring (bicyclic) bond motifs is 1. The third-order valence-electron chi connectivity index (χ3n) is 5.77. The summed E-state index contributed by atoms with van der Waals surface area (Å²) in [6.45, 7) is 3.51. The Morgan fingerprint density at radius 1 is 0.971 bits per heavy atom. The number of aromatic amines is 1. The van der Waals surface area contributed by atoms with E-state index in [0.717, 1.165) is 21.3 Å². The average Bonchev–Trinajstić information content (AvgIpc) is 3.44. The van der Waals surface area contributed by atoms with Gasteiger partial charge in [-0.1, -0.05) is 84.1 Å². The number of rotatable bonds is 6. The number of H-pyrrole nitrogens is 1. The summed E-state index contributed by atoms with van der Waals surface area (Å²) in [6, 6.07) is 26.8. The van der Waals surface area contributed by atoms with E-state index in [1.807, 2.05) is 84.9 Å². The molecule has 0 saturated carbocycles. The molecule has 0 spiro atoms. The van der Waals surface area contributed by atoms with E-state index in [1.54, 1.807) is 13.8 Å². The van der Waals surface area contributed by atoms with Gasteiger partial charge in [-0.2, -0.15) is 9.78 Å². The van der Waals surface area contributed by atoms with Crippen LogP contribution in [0.3, 0.4) is 0 Å². The molecule has 2 aromatic heterocycles. The highest BCUT2D eigenvalue weighted by Crippen LogP contribution is 2.25. The molecule has 0 aliphatic rings. The number of hydrogen-bond acceptors (Lipinski definition) is 5. The third-order valence-corrected chi connectivity index (χ3v) is 6.79. The highest BCUT2D eigenvalue weighted by atomic mass is 32.1. The molecule has 174 valence electrons. The van der Waals surface area contributed by atoms with Crippen LogP contribution in [0.4, 0.5) is 0 Å². The lowest BCUT2D eigenvalue weighted by Crippen LogP contribution is -2.28. The lowest BCUT2D eigenvalue weighted by Gasteiger charge is -2.16. The summed E-state index contributed by atoms with van der Waals surface area (Å²) in [7, 11) is 0. The average molecular weight is 482 g/mol. The Morgan fingerprint density at radius 2 is 1.57 bits per heavy atom. The first-order chi connectivity index (χ1) is 17.0. The normalized spacial score (nSPS) is 11.8. The number of aromatic nitrogens is 3. The zero-order chi connectivity index (χ0) is 24.4. The number of carbonyl (C=O) groups is 1. The van der Waals surface area contributed by atoms with Gasteiger partial charge in [-0.3, -0.25) is 14.7 Å². The van der Waals surface area contributed by atoms with Crippen molar-refractivity contribution in [3.8, 4) is 5.13 Å². The van der Waals surface area contributed by atoms with E-state index in [-0.39, 0.29) is 11.5 Å². The molecule has 1 amide bonds. The number of hydrazone groups is 1. The number of amides is 1. The van der Waals surface area contributed by atoms with E-state index in [9.17, 15) is 9.59 Å². The molecule has 2 N–H and O–H groups in total. The Labute approximate surface area is 205 Å². The van der Waals surface area contributed by atoms with Gasteiger partial charge < -0.3 is 0 Å². The number of benzene rings is 3. The molecule has 35 heavy (non-hydrogen) atoms. The van der Waals surface area contributed by atoms with Crippen molar-refractivity contribution in [3.05, 3.63) is 118 Å². The van der Waals surface area contributed by atoms with Crippen molar-refractivity contribution >= 4 is 33.2 Å². The summed E-state index contributed by atoms with van der Waals surface area (Å²) in [5, 5.41) is 7.95. The largest absolute Gasteiger partial charge is 0.293 e. The molecule has 2 heterocycles. The van der Waals surface area contributed by atoms with Gasteiger partial charge in [0, 0.05) is 5.69 Å². The maximum atomic E-state index is 13.3. The van der Waals surface area contributed by atoms with Gasteiger partial charge in [0.05, 0.1) is 27.4 Å². The fourth-order valence-corrected chi connectivity index (χ4v) is 5.03. The van der Waals surface area contributed by atoms with Gasteiger partial charge in [0.1, 0.15) is 0 Å². The van der Waals surface area contributed by atoms with Crippen LogP contribution in [0.25, 0.3) is 15.3 Å². The molecule has 3 aromatic carbocycles. The lowest BCUT2D eigenvalue weighted by atomic mass is 9.91. The quantitative estimate of drug-likeness (QED) is 0.271. The highest BCUT2D eigenvalue weighted by molar-refractivity contribution is 7.20. The topological polar surface area (TPSA) is 92.1 Å². The standard InChI is InChI=1S/C27H23N5O2S/c1-17(23-18(2)31-32(26(23)34)27-28-21-15-9-10-16-22(21)35-27)29-30-25(33)24(19-11-5-3-6-12-19)20-13-7-4-8-14-20/h3-16,24,31H,1-2H3,(H,30,33). The molecular weight excluding hydrogens is 458 g/mol. The minimum absolute atomic E-state index is 0.264. The molecule has 0 bridgehead atoms. The van der Waals surface area contributed by atoms with Crippen molar-refractivity contribution in [2.24, 2.45) is 5.10 Å². The van der Waals surface area contributed by atoms with Crippen molar-refractivity contribution in [2.45, 2.75) is 19.8 Å². The fourth-order valence-electron chi connectivity index (χ4n) is 4.11. The summed E-state index contributed by atoms with van der Waals surface area (Å²) < 4.78 is 2.42. The van der Waals surface area contributed by atoms with Crippen LogP contribution >= 0.6 is 11.3 Å². The molecule has 5 aromatic rings. The van der Waals surface area contributed by atoms with Crippen LogP contribution in [0.15, 0.2) is 94.8 Å². The summed E-state index contributed by atoms with van der Waals surface area (Å²) in [6.07, 6.45) is 0. The molecular formula is C27H23N5O2S. The van der Waals surface area contributed by atoms with Gasteiger partial charge in [0.25, 0.3) is 11.5 Å². The van der Waals surface area contributed by atoms with Gasteiger partial charge in [-0.15, -0.1) is 0 Å². The molecule has 5 rings (SSSR count). The molecule has 0 atom stereocenters. The number of para-hydroxylation sites is 1. The number of thiazole rings is 1. The minimum atomic E-state index is -0.527. The van der Waals surface area contributed by atoms with Crippen LogP contribution in [0, 0.1) is 6.92 Å². The van der Waals surface area contributed by atoms with Gasteiger partial charge in [0.2, 0.25) is 5.13 Å². The first-order valence-corrected chi connectivity index (χ1v) is 12.0. The van der Waals surface area contributed by atoms with Crippen LogP contribution in [-0.2, 0) is 4.79 Å². The summed E-state index contributed by atoms with van der Waals surface area (Å²) in [4.78, 5) is 31.1. The second kappa shape index (κ2) is 9.52. The van der Waals surface area contributed by atoms with Gasteiger partial charge in [0.15, 0.2) is 0 Å². The van der Waals surface area contributed by atoms with Crippen molar-refractivity contribution in [1.29, 1.82) is 0 Å². The number of hydrogen-bond donors (Lipinski definition) is 2. The number of nitrogens with one attached hydrogen (secondary N) is 2. The monoisotopic (exact) mass is 481 g/mol. The zero-order valence-electron chi connectivity index (χ0n) is 19.2. The van der Waals surface area contributed by atoms with E-state index in [4.69, 9.17) is 0 Å². The van der Waals surface area contributed by atoms with E-state index >= 15 is 0 Å². The maximum Gasteiger partial charge on any atom is 0.282 e. The lowest BCUT2D eigenvalue weighted by molar-refractivity contribution is -0.121. The van der Waals surface area contributed by atoms with E-state index in [2.05, 4.69) is 20.6 Å². The van der Waals surface area contributed by atoms with Gasteiger partial charge in [-0.05, 0) is 37.1 Å². The summed E-state index contributed by atoms with van der Waals surface area (Å²) in [5.74, 6) is -0.804. The van der Waals surface area contributed by atoms with Crippen LogP contribution in [0.1, 0.15) is 35.2 Å². The summed E-state index contributed by atoms with van der Waals surface area (Å²) in [5.41, 5.74) is 6.43. The third kappa shape index (κ3) is 4.43. The number of nitrogens with zero attached hydrogens (tertiary/aromatic N) is 3. The van der Waals surface area contributed by atoms with E-state index < -0.39 is 5.92 Å². The molecule has 0 aliphatic carbocycles. The molecule has 0 saturated heterocycles. The summed E-state index contributed by atoms with van der Waals surface area (Å²) >= 11 is 1.43. The number of carbonyl (C=O) groups excluding carboxylic acids is 1. The van der Waals surface area contributed by atoms with E-state index in [1.165, 1.54) is 16.0 Å². The molecule has 0 unspecified atom stereocenters. The maximum absolute atomic E-state index is 13.3. The van der Waals surface area contributed by atoms with Crippen LogP contribution in [-0.4, -0.2) is 26.4 Å². The Balaban J connectivity index is 1.44. The first-order valence-electron chi connectivity index (χ1n) is 11.1. The molecule has 7 nitrogen and oxygen atoms in total. The number of aryl methyl sites for hydroxylation is 1.